The standard InChI is InChI=1S/C9H13N5O3/c1-7-11-9(17-12-7)2-4-13-5-3-10-8(13)6-14(15)16/h6,10H,2-5H2,1H3/b8-6+. The number of nitrogens with one attached hydrogen (secondary N) is 1. The van der Waals surface area contributed by atoms with Crippen LogP contribution in [0.1, 0.15) is 11.7 Å². The van der Waals surface area contributed by atoms with E-state index >= 15 is 0 Å². The van der Waals surface area contributed by atoms with Crippen LogP contribution < -0.4 is 5.32 Å². The molecule has 2 heterocycles. The maximum atomic E-state index is 10.4. The molecule has 0 spiro atoms. The molecule has 0 atom stereocenters. The molecule has 0 aromatic carbocycles. The highest BCUT2D eigenvalue weighted by Gasteiger charge is 2.19. The Morgan fingerprint density at radius 3 is 3.18 bits per heavy atom. The predicted molar refractivity (Wildman–Crippen MR) is 57.4 cm³/mol. The van der Waals surface area contributed by atoms with Crippen LogP contribution >= 0.6 is 0 Å². The molecule has 17 heavy (non-hydrogen) atoms. The molecule has 0 radical (unpaired) electrons. The topological polar surface area (TPSA) is 97.3 Å². The van der Waals surface area contributed by atoms with Crippen LogP contribution in [0.3, 0.4) is 0 Å². The fourth-order valence-corrected chi connectivity index (χ4v) is 1.68. The summed E-state index contributed by atoms with van der Waals surface area (Å²) >= 11 is 0. The molecule has 1 saturated heterocycles. The van der Waals surface area contributed by atoms with Crippen LogP contribution in [-0.4, -0.2) is 39.6 Å². The van der Waals surface area contributed by atoms with E-state index < -0.39 is 4.92 Å². The summed E-state index contributed by atoms with van der Waals surface area (Å²) in [6, 6.07) is 0. The lowest BCUT2D eigenvalue weighted by atomic mass is 10.4. The van der Waals surface area contributed by atoms with Crippen molar-refractivity contribution in [1.29, 1.82) is 0 Å². The molecule has 1 aromatic rings. The van der Waals surface area contributed by atoms with E-state index in [1.165, 1.54) is 0 Å². The van der Waals surface area contributed by atoms with E-state index in [2.05, 4.69) is 15.5 Å². The fraction of sp³-hybridized carbons (Fsp3) is 0.556. The molecule has 1 aliphatic rings. The Morgan fingerprint density at radius 1 is 1.71 bits per heavy atom. The minimum atomic E-state index is -0.461. The van der Waals surface area contributed by atoms with E-state index in [0.29, 0.717) is 37.0 Å². The second-order valence-corrected chi connectivity index (χ2v) is 3.70. The average Bonchev–Trinajstić information content (AvgIpc) is 2.84. The summed E-state index contributed by atoms with van der Waals surface area (Å²) < 4.78 is 4.98. The lowest BCUT2D eigenvalue weighted by Crippen LogP contribution is -2.23. The summed E-state index contributed by atoms with van der Waals surface area (Å²) in [5.41, 5.74) is 0. The number of hydrogen-bond donors (Lipinski definition) is 1. The highest BCUT2D eigenvalue weighted by Crippen LogP contribution is 2.08. The first-order chi connectivity index (χ1) is 8.15. The third-order valence-corrected chi connectivity index (χ3v) is 2.42. The predicted octanol–water partition coefficient (Wildman–Crippen LogP) is -0.0987. The summed E-state index contributed by atoms with van der Waals surface area (Å²) in [7, 11) is 0. The molecule has 1 aliphatic heterocycles. The van der Waals surface area contributed by atoms with Crippen molar-refractivity contribution in [3.63, 3.8) is 0 Å². The van der Waals surface area contributed by atoms with E-state index in [4.69, 9.17) is 4.52 Å². The van der Waals surface area contributed by atoms with Gasteiger partial charge in [-0.2, -0.15) is 4.98 Å². The van der Waals surface area contributed by atoms with Crippen LogP contribution in [0, 0.1) is 17.0 Å². The molecule has 8 heteroatoms. The van der Waals surface area contributed by atoms with Crippen molar-refractivity contribution >= 4 is 0 Å². The molecular formula is C9H13N5O3. The van der Waals surface area contributed by atoms with Gasteiger partial charge < -0.3 is 14.7 Å². The van der Waals surface area contributed by atoms with Crippen molar-refractivity contribution in [2.24, 2.45) is 0 Å². The zero-order chi connectivity index (χ0) is 12.3. The lowest BCUT2D eigenvalue weighted by molar-refractivity contribution is -0.404. The summed E-state index contributed by atoms with van der Waals surface area (Å²) in [5.74, 6) is 1.68. The maximum absolute atomic E-state index is 10.4. The minimum Gasteiger partial charge on any atom is -0.365 e. The lowest BCUT2D eigenvalue weighted by Gasteiger charge is -2.15. The molecule has 1 aromatic heterocycles. The van der Waals surface area contributed by atoms with Gasteiger partial charge in [-0.25, -0.2) is 0 Å². The zero-order valence-corrected chi connectivity index (χ0v) is 9.42. The van der Waals surface area contributed by atoms with Crippen LogP contribution in [0.4, 0.5) is 0 Å². The van der Waals surface area contributed by atoms with Gasteiger partial charge in [-0.1, -0.05) is 5.16 Å². The Labute approximate surface area is 97.4 Å². The largest absolute Gasteiger partial charge is 0.365 e. The molecular weight excluding hydrogens is 226 g/mol. The van der Waals surface area contributed by atoms with Gasteiger partial charge in [0.05, 0.1) is 4.92 Å². The Hall–Kier alpha value is -2.12. The van der Waals surface area contributed by atoms with Crippen molar-refractivity contribution in [2.45, 2.75) is 13.3 Å². The number of aryl methyl sites for hydroxylation is 1. The Balaban J connectivity index is 1.92. The van der Waals surface area contributed by atoms with Gasteiger partial charge >= 0.3 is 0 Å². The van der Waals surface area contributed by atoms with Crippen LogP contribution in [0.5, 0.6) is 0 Å². The van der Waals surface area contributed by atoms with E-state index in [9.17, 15) is 10.1 Å². The number of rotatable bonds is 4. The first kappa shape index (κ1) is 11.4. The molecule has 0 bridgehead atoms. The Morgan fingerprint density at radius 2 is 2.53 bits per heavy atom. The van der Waals surface area contributed by atoms with E-state index in [0.717, 1.165) is 12.7 Å². The van der Waals surface area contributed by atoms with E-state index in [1.807, 2.05) is 4.90 Å². The van der Waals surface area contributed by atoms with Crippen LogP contribution in [0.25, 0.3) is 0 Å². The summed E-state index contributed by atoms with van der Waals surface area (Å²) in [6.07, 6.45) is 1.56. The van der Waals surface area contributed by atoms with Gasteiger partial charge in [0, 0.05) is 26.1 Å². The third kappa shape index (κ3) is 2.92. The first-order valence-corrected chi connectivity index (χ1v) is 5.28. The summed E-state index contributed by atoms with van der Waals surface area (Å²) in [4.78, 5) is 15.9. The van der Waals surface area contributed by atoms with Gasteiger partial charge in [0.15, 0.2) is 11.6 Å². The summed E-state index contributed by atoms with van der Waals surface area (Å²) in [6.45, 7) is 3.83. The van der Waals surface area contributed by atoms with Crippen molar-refractivity contribution in [1.82, 2.24) is 20.4 Å². The first-order valence-electron chi connectivity index (χ1n) is 5.28. The molecule has 0 aliphatic carbocycles. The van der Waals surface area contributed by atoms with E-state index in [-0.39, 0.29) is 0 Å². The number of hydrogen-bond acceptors (Lipinski definition) is 7. The normalized spacial score (nSPS) is 17.5. The third-order valence-electron chi connectivity index (χ3n) is 2.42. The van der Waals surface area contributed by atoms with Crippen molar-refractivity contribution in [3.05, 3.63) is 33.9 Å². The van der Waals surface area contributed by atoms with Crippen LogP contribution in [0.2, 0.25) is 0 Å². The summed E-state index contributed by atoms with van der Waals surface area (Å²) in [5, 5.41) is 17.0. The van der Waals surface area contributed by atoms with Gasteiger partial charge in [-0.15, -0.1) is 0 Å². The van der Waals surface area contributed by atoms with E-state index in [1.54, 1.807) is 6.92 Å². The Bertz CT molecular complexity index is 442. The maximum Gasteiger partial charge on any atom is 0.274 e. The highest BCUT2D eigenvalue weighted by atomic mass is 16.6. The zero-order valence-electron chi connectivity index (χ0n) is 9.42. The number of nitrogens with zero attached hydrogens (tertiary/aromatic N) is 4. The van der Waals surface area contributed by atoms with Gasteiger partial charge in [0.25, 0.3) is 6.20 Å². The number of nitro groups is 1. The molecule has 8 nitrogen and oxygen atoms in total. The van der Waals surface area contributed by atoms with Crippen molar-refractivity contribution < 1.29 is 9.45 Å². The highest BCUT2D eigenvalue weighted by molar-refractivity contribution is 5.01. The molecule has 1 N–H and O–H groups in total. The monoisotopic (exact) mass is 239 g/mol. The van der Waals surface area contributed by atoms with Gasteiger partial charge in [0.2, 0.25) is 5.89 Å². The molecule has 92 valence electrons. The van der Waals surface area contributed by atoms with Crippen molar-refractivity contribution in [3.8, 4) is 0 Å². The number of aromatic nitrogens is 2. The van der Waals surface area contributed by atoms with Crippen LogP contribution in [0.15, 0.2) is 16.5 Å². The molecule has 0 saturated carbocycles. The molecule has 0 amide bonds. The minimum absolute atomic E-state index is 0.461. The van der Waals surface area contributed by atoms with Gasteiger partial charge in [-0.05, 0) is 6.92 Å². The second kappa shape index (κ2) is 4.81. The molecule has 1 fully saturated rings. The Kier molecular flexibility index (Phi) is 3.22. The molecule has 2 rings (SSSR count). The van der Waals surface area contributed by atoms with Gasteiger partial charge in [-0.3, -0.25) is 10.1 Å². The van der Waals surface area contributed by atoms with Crippen LogP contribution in [-0.2, 0) is 6.42 Å². The fourth-order valence-electron chi connectivity index (χ4n) is 1.68. The van der Waals surface area contributed by atoms with Crippen molar-refractivity contribution in [2.75, 3.05) is 19.6 Å². The smallest absolute Gasteiger partial charge is 0.274 e. The SMILES string of the molecule is Cc1noc(CCN2CCN/C2=C\[N+](=O)[O-])n1. The second-order valence-electron chi connectivity index (χ2n) is 3.70. The average molecular weight is 239 g/mol. The van der Waals surface area contributed by atoms with Gasteiger partial charge in [0.1, 0.15) is 0 Å². The quantitative estimate of drug-likeness (QED) is 0.578. The molecule has 0 unspecified atom stereocenters.